The van der Waals surface area contributed by atoms with Crippen molar-refractivity contribution in [1.29, 1.82) is 0 Å². The van der Waals surface area contributed by atoms with Crippen LogP contribution in [0.5, 0.6) is 0 Å². The molecule has 1 aliphatic rings. The van der Waals surface area contributed by atoms with Gasteiger partial charge in [0.05, 0.1) is 6.61 Å². The van der Waals surface area contributed by atoms with Crippen molar-refractivity contribution in [3.05, 3.63) is 35.9 Å². The number of nitrogens with zero attached hydrogens (tertiary/aromatic N) is 1. The van der Waals surface area contributed by atoms with Crippen molar-refractivity contribution < 1.29 is 4.74 Å². The van der Waals surface area contributed by atoms with Crippen molar-refractivity contribution in [2.75, 3.05) is 26.8 Å². The average molecular weight is 234 g/mol. The van der Waals surface area contributed by atoms with Gasteiger partial charge in [-0.1, -0.05) is 30.3 Å². The Hall–Kier alpha value is -0.900. The molecule has 2 rings (SSSR count). The molecule has 1 fully saturated rings. The molecular weight excluding hydrogens is 212 g/mol. The van der Waals surface area contributed by atoms with Crippen molar-refractivity contribution in [1.82, 2.24) is 4.90 Å². The smallest absolute Gasteiger partial charge is 0.0615 e. The van der Waals surface area contributed by atoms with Gasteiger partial charge in [-0.05, 0) is 12.5 Å². The van der Waals surface area contributed by atoms with Gasteiger partial charge in [0.1, 0.15) is 0 Å². The highest BCUT2D eigenvalue weighted by molar-refractivity contribution is 5.23. The minimum atomic E-state index is 0.233. The predicted molar refractivity (Wildman–Crippen MR) is 70.1 cm³/mol. The third-order valence-electron chi connectivity index (χ3n) is 3.65. The summed E-state index contributed by atoms with van der Waals surface area (Å²) in [5, 5.41) is 0. The van der Waals surface area contributed by atoms with E-state index in [9.17, 15) is 0 Å². The summed E-state index contributed by atoms with van der Waals surface area (Å²) >= 11 is 0. The molecular formula is C14H22N2O. The van der Waals surface area contributed by atoms with E-state index >= 15 is 0 Å². The maximum absolute atomic E-state index is 6.25. The molecule has 1 aromatic carbocycles. The first-order valence-electron chi connectivity index (χ1n) is 6.26. The summed E-state index contributed by atoms with van der Waals surface area (Å²) < 4.78 is 5.21. The molecule has 0 aliphatic carbocycles. The van der Waals surface area contributed by atoms with Crippen molar-refractivity contribution >= 4 is 0 Å². The molecule has 17 heavy (non-hydrogen) atoms. The Morgan fingerprint density at radius 2 is 2.06 bits per heavy atom. The molecule has 2 N–H and O–H groups in total. The summed E-state index contributed by atoms with van der Waals surface area (Å²) in [6.07, 6.45) is 0. The van der Waals surface area contributed by atoms with Gasteiger partial charge in [0.25, 0.3) is 0 Å². The van der Waals surface area contributed by atoms with E-state index in [0.717, 1.165) is 19.7 Å². The number of methoxy groups -OCH3 is 1. The highest BCUT2D eigenvalue weighted by Crippen LogP contribution is 2.27. The van der Waals surface area contributed by atoms with Crippen LogP contribution in [-0.2, 0) is 4.74 Å². The second kappa shape index (κ2) is 5.63. The molecule has 0 bridgehead atoms. The summed E-state index contributed by atoms with van der Waals surface area (Å²) in [6, 6.07) is 11.3. The molecule has 0 aromatic heterocycles. The van der Waals surface area contributed by atoms with Crippen LogP contribution < -0.4 is 5.73 Å². The van der Waals surface area contributed by atoms with E-state index in [1.807, 2.05) is 0 Å². The Balaban J connectivity index is 2.03. The van der Waals surface area contributed by atoms with E-state index < -0.39 is 0 Å². The zero-order valence-electron chi connectivity index (χ0n) is 10.7. The molecule has 0 spiro atoms. The van der Waals surface area contributed by atoms with Gasteiger partial charge >= 0.3 is 0 Å². The van der Waals surface area contributed by atoms with Gasteiger partial charge in [-0.25, -0.2) is 0 Å². The van der Waals surface area contributed by atoms with Crippen LogP contribution >= 0.6 is 0 Å². The third-order valence-corrected chi connectivity index (χ3v) is 3.65. The monoisotopic (exact) mass is 234 g/mol. The quantitative estimate of drug-likeness (QED) is 0.857. The van der Waals surface area contributed by atoms with Gasteiger partial charge in [-0.2, -0.15) is 0 Å². The molecule has 1 heterocycles. The highest BCUT2D eigenvalue weighted by Gasteiger charge is 2.33. The fraction of sp³-hybridized carbons (Fsp3) is 0.571. The normalized spacial score (nSPS) is 27.2. The number of benzene rings is 1. The van der Waals surface area contributed by atoms with Crippen molar-refractivity contribution in [3.63, 3.8) is 0 Å². The summed E-state index contributed by atoms with van der Waals surface area (Å²) in [6.45, 7) is 4.97. The van der Waals surface area contributed by atoms with E-state index in [4.69, 9.17) is 10.5 Å². The van der Waals surface area contributed by atoms with Crippen LogP contribution in [-0.4, -0.2) is 43.8 Å². The van der Waals surface area contributed by atoms with Gasteiger partial charge in [0.15, 0.2) is 0 Å². The first kappa shape index (κ1) is 12.6. The van der Waals surface area contributed by atoms with Gasteiger partial charge in [0, 0.05) is 38.2 Å². The standard InChI is InChI=1S/C14H22N2O/c1-11(10-17-2)16-8-13(14(15)9-16)12-6-4-3-5-7-12/h3-7,11,13-14H,8-10,15H2,1-2H3/t11?,13-,14+/m0/s1. The van der Waals surface area contributed by atoms with Crippen LogP contribution in [0.4, 0.5) is 0 Å². The van der Waals surface area contributed by atoms with E-state index in [0.29, 0.717) is 12.0 Å². The van der Waals surface area contributed by atoms with Gasteiger partial charge in [-0.15, -0.1) is 0 Å². The molecule has 3 nitrogen and oxygen atoms in total. The lowest BCUT2D eigenvalue weighted by molar-refractivity contribution is 0.113. The maximum Gasteiger partial charge on any atom is 0.0615 e. The number of rotatable bonds is 4. The van der Waals surface area contributed by atoms with Crippen LogP contribution in [0.25, 0.3) is 0 Å². The lowest BCUT2D eigenvalue weighted by Gasteiger charge is -2.23. The SMILES string of the molecule is COCC(C)N1C[C@@H](N)[C@H](c2ccccc2)C1. The molecule has 1 aromatic rings. The van der Waals surface area contributed by atoms with Crippen LogP contribution in [0.15, 0.2) is 30.3 Å². The van der Waals surface area contributed by atoms with Gasteiger partial charge < -0.3 is 10.5 Å². The van der Waals surface area contributed by atoms with Crippen LogP contribution in [0.2, 0.25) is 0 Å². The fourth-order valence-electron chi connectivity index (χ4n) is 2.62. The second-order valence-electron chi connectivity index (χ2n) is 4.94. The number of hydrogen-bond donors (Lipinski definition) is 1. The molecule has 0 saturated carbocycles. The number of nitrogens with two attached hydrogens (primary N) is 1. The van der Waals surface area contributed by atoms with Crippen LogP contribution in [0, 0.1) is 0 Å². The van der Waals surface area contributed by atoms with Crippen LogP contribution in [0.3, 0.4) is 0 Å². The summed E-state index contributed by atoms with van der Waals surface area (Å²) in [7, 11) is 1.75. The summed E-state index contributed by atoms with van der Waals surface area (Å²) in [4.78, 5) is 2.42. The molecule has 1 unspecified atom stereocenters. The first-order valence-corrected chi connectivity index (χ1v) is 6.26. The zero-order chi connectivity index (χ0) is 12.3. The Bertz CT molecular complexity index is 341. The largest absolute Gasteiger partial charge is 0.383 e. The number of ether oxygens (including phenoxy) is 1. The zero-order valence-corrected chi connectivity index (χ0v) is 10.7. The Morgan fingerprint density at radius 3 is 2.71 bits per heavy atom. The van der Waals surface area contributed by atoms with E-state index in [1.165, 1.54) is 5.56 Å². The number of hydrogen-bond acceptors (Lipinski definition) is 3. The average Bonchev–Trinajstić information content (AvgIpc) is 2.73. The molecule has 94 valence electrons. The predicted octanol–water partition coefficient (Wildman–Crippen LogP) is 1.45. The Morgan fingerprint density at radius 1 is 1.35 bits per heavy atom. The number of likely N-dealkylation sites (tertiary alicyclic amines) is 1. The van der Waals surface area contributed by atoms with E-state index in [-0.39, 0.29) is 6.04 Å². The Labute approximate surface area is 104 Å². The molecule has 3 atom stereocenters. The molecule has 0 radical (unpaired) electrons. The minimum absolute atomic E-state index is 0.233. The molecule has 3 heteroatoms. The first-order chi connectivity index (χ1) is 8.22. The minimum Gasteiger partial charge on any atom is -0.383 e. The molecule has 1 aliphatic heterocycles. The fourth-order valence-corrected chi connectivity index (χ4v) is 2.62. The van der Waals surface area contributed by atoms with Crippen molar-refractivity contribution in [2.45, 2.75) is 24.9 Å². The molecule has 0 amide bonds. The van der Waals surface area contributed by atoms with Crippen LogP contribution in [0.1, 0.15) is 18.4 Å². The third kappa shape index (κ3) is 2.86. The van der Waals surface area contributed by atoms with Crippen molar-refractivity contribution in [3.8, 4) is 0 Å². The summed E-state index contributed by atoms with van der Waals surface area (Å²) in [5.74, 6) is 0.454. The van der Waals surface area contributed by atoms with Crippen molar-refractivity contribution in [2.24, 2.45) is 5.73 Å². The highest BCUT2D eigenvalue weighted by atomic mass is 16.5. The Kier molecular flexibility index (Phi) is 4.15. The van der Waals surface area contributed by atoms with Gasteiger partial charge in [-0.3, -0.25) is 4.90 Å². The van der Waals surface area contributed by atoms with E-state index in [1.54, 1.807) is 7.11 Å². The lowest BCUT2D eigenvalue weighted by atomic mass is 9.95. The molecule has 1 saturated heterocycles. The van der Waals surface area contributed by atoms with Gasteiger partial charge in [0.2, 0.25) is 0 Å². The lowest BCUT2D eigenvalue weighted by Crippen LogP contribution is -2.36. The second-order valence-corrected chi connectivity index (χ2v) is 4.94. The van der Waals surface area contributed by atoms with E-state index in [2.05, 4.69) is 42.2 Å². The maximum atomic E-state index is 6.25. The summed E-state index contributed by atoms with van der Waals surface area (Å²) in [5.41, 5.74) is 7.61. The topological polar surface area (TPSA) is 38.5 Å².